The van der Waals surface area contributed by atoms with Gasteiger partial charge in [-0.25, -0.2) is 0 Å². The van der Waals surface area contributed by atoms with E-state index >= 15 is 0 Å². The van der Waals surface area contributed by atoms with E-state index in [1.807, 2.05) is 12.1 Å². The number of thioether (sulfide) groups is 1. The molecule has 0 aromatic heterocycles. The number of carbonyl (C=O) groups excluding carboxylic acids is 2. The van der Waals surface area contributed by atoms with E-state index in [1.54, 1.807) is 42.5 Å². The lowest BCUT2D eigenvalue weighted by atomic mass is 10.2. The van der Waals surface area contributed by atoms with Crippen molar-refractivity contribution in [3.63, 3.8) is 0 Å². The van der Waals surface area contributed by atoms with Gasteiger partial charge in [0.2, 0.25) is 0 Å². The Bertz CT molecular complexity index is 1320. The minimum Gasteiger partial charge on any atom is -0.487 e. The number of benzene rings is 3. The Morgan fingerprint density at radius 1 is 1.00 bits per heavy atom. The number of amides is 2. The number of imide groups is 1. The molecule has 0 saturated carbocycles. The van der Waals surface area contributed by atoms with Crippen LogP contribution in [0.25, 0.3) is 6.08 Å². The van der Waals surface area contributed by atoms with Crippen LogP contribution in [0, 0.1) is 17.3 Å². The van der Waals surface area contributed by atoms with Gasteiger partial charge in [-0.15, -0.1) is 0 Å². The number of non-ortho nitro benzene ring substituents is 1. The van der Waals surface area contributed by atoms with E-state index in [1.165, 1.54) is 17.0 Å². The van der Waals surface area contributed by atoms with E-state index < -0.39 is 4.92 Å². The fraction of sp³-hybridized carbons (Fsp3) is 0.0833. The third kappa shape index (κ3) is 6.35. The smallest absolute Gasteiger partial charge is 0.293 e. The summed E-state index contributed by atoms with van der Waals surface area (Å²) in [5, 5.41) is 11.1. The van der Waals surface area contributed by atoms with E-state index in [2.05, 4.69) is 45.2 Å². The quantitative estimate of drug-likeness (QED) is 0.110. The highest BCUT2D eigenvalue weighted by Crippen LogP contribution is 2.36. The summed E-state index contributed by atoms with van der Waals surface area (Å²) < 4.78 is 7.63. The molecule has 1 heterocycles. The number of nitro groups is 1. The fourth-order valence-electron chi connectivity index (χ4n) is 3.23. The van der Waals surface area contributed by atoms with Gasteiger partial charge in [0.25, 0.3) is 16.8 Å². The lowest BCUT2D eigenvalue weighted by molar-refractivity contribution is -0.384. The fourth-order valence-corrected chi connectivity index (χ4v) is 6.32. The number of ether oxygens (including phenoxy) is 1. The van der Waals surface area contributed by atoms with E-state index in [4.69, 9.17) is 16.3 Å². The number of nitro benzene ring substituents is 1. The first-order valence-corrected chi connectivity index (χ1v) is 13.4. The van der Waals surface area contributed by atoms with Crippen molar-refractivity contribution in [1.82, 2.24) is 4.90 Å². The minimum absolute atomic E-state index is 0.0276. The molecule has 1 aliphatic rings. The molecule has 11 heteroatoms. The summed E-state index contributed by atoms with van der Waals surface area (Å²) in [6.07, 6.45) is 1.71. The van der Waals surface area contributed by atoms with Gasteiger partial charge < -0.3 is 4.74 Å². The molecule has 2 amide bonds. The highest BCUT2D eigenvalue weighted by atomic mass is 127. The van der Waals surface area contributed by atoms with Gasteiger partial charge in [0, 0.05) is 17.2 Å². The van der Waals surface area contributed by atoms with Crippen molar-refractivity contribution in [2.24, 2.45) is 0 Å². The second-order valence-electron chi connectivity index (χ2n) is 7.42. The molecule has 178 valence electrons. The number of nitrogens with zero attached hydrogens (tertiary/aromatic N) is 2. The molecule has 1 aliphatic heterocycles. The summed E-state index contributed by atoms with van der Waals surface area (Å²) in [4.78, 5) is 37.3. The van der Waals surface area contributed by atoms with Crippen molar-refractivity contribution in [2.45, 2.75) is 13.2 Å². The van der Waals surface area contributed by atoms with Crippen molar-refractivity contribution in [3.8, 4) is 5.75 Å². The van der Waals surface area contributed by atoms with Gasteiger partial charge in [-0.1, -0.05) is 23.7 Å². The molecule has 1 saturated heterocycles. The first kappa shape index (κ1) is 25.9. The Morgan fingerprint density at radius 3 is 2.20 bits per heavy atom. The van der Waals surface area contributed by atoms with E-state index in [-0.39, 0.29) is 30.0 Å². The summed E-state index contributed by atoms with van der Waals surface area (Å²) in [6.45, 7) is 0.441. The number of hydrogen-bond acceptors (Lipinski definition) is 6. The Balaban J connectivity index is 1.47. The average molecular weight is 733 g/mol. The van der Waals surface area contributed by atoms with E-state index in [0.29, 0.717) is 15.7 Å². The van der Waals surface area contributed by atoms with Gasteiger partial charge >= 0.3 is 0 Å². The summed E-state index contributed by atoms with van der Waals surface area (Å²) in [5.74, 6) is 0.344. The summed E-state index contributed by atoms with van der Waals surface area (Å²) in [7, 11) is 0. The molecular formula is C24H15ClI2N2O5S. The standard InChI is InChI=1S/C24H15ClI2N2O5S/c25-17-5-1-14(2-6-17)12-28-23(30)21(35-24(28)31)11-16-9-19(26)22(20(27)10-16)34-13-15-3-7-18(8-4-15)29(32)33/h1-11H,12-13H2/b21-11-. The van der Waals surface area contributed by atoms with Crippen molar-refractivity contribution in [1.29, 1.82) is 0 Å². The van der Waals surface area contributed by atoms with Gasteiger partial charge in [-0.05, 0) is 116 Å². The van der Waals surface area contributed by atoms with Gasteiger partial charge in [-0.3, -0.25) is 24.6 Å². The Labute approximate surface area is 237 Å². The van der Waals surface area contributed by atoms with E-state index in [0.717, 1.165) is 35.6 Å². The maximum atomic E-state index is 12.9. The largest absolute Gasteiger partial charge is 0.487 e. The number of hydrogen-bond donors (Lipinski definition) is 0. The zero-order valence-electron chi connectivity index (χ0n) is 17.7. The molecule has 0 N–H and O–H groups in total. The number of halogens is 3. The maximum absolute atomic E-state index is 12.9. The van der Waals surface area contributed by atoms with Gasteiger partial charge in [-0.2, -0.15) is 0 Å². The predicted octanol–water partition coefficient (Wildman–Crippen LogP) is 7.27. The highest BCUT2D eigenvalue weighted by molar-refractivity contribution is 14.1. The van der Waals surface area contributed by atoms with Crippen LogP contribution in [0.4, 0.5) is 10.5 Å². The molecule has 3 aromatic carbocycles. The van der Waals surface area contributed by atoms with Gasteiger partial charge in [0.15, 0.2) is 0 Å². The van der Waals surface area contributed by atoms with Crippen LogP contribution in [-0.2, 0) is 17.9 Å². The van der Waals surface area contributed by atoms with Crippen LogP contribution in [-0.4, -0.2) is 21.0 Å². The van der Waals surface area contributed by atoms with Crippen LogP contribution in [0.5, 0.6) is 5.75 Å². The Morgan fingerprint density at radius 2 is 1.60 bits per heavy atom. The second-order valence-corrected chi connectivity index (χ2v) is 11.2. The van der Waals surface area contributed by atoms with Gasteiger partial charge in [0.1, 0.15) is 12.4 Å². The minimum atomic E-state index is -0.443. The van der Waals surface area contributed by atoms with Crippen molar-refractivity contribution in [3.05, 3.63) is 105 Å². The zero-order valence-corrected chi connectivity index (χ0v) is 23.6. The topological polar surface area (TPSA) is 89.7 Å². The van der Waals surface area contributed by atoms with Crippen LogP contribution in [0.1, 0.15) is 16.7 Å². The monoisotopic (exact) mass is 732 g/mol. The van der Waals surface area contributed by atoms with Crippen molar-refractivity contribution < 1.29 is 19.2 Å². The molecule has 0 bridgehead atoms. The molecule has 0 unspecified atom stereocenters. The molecular weight excluding hydrogens is 718 g/mol. The SMILES string of the molecule is O=C1S/C(=C\c2cc(I)c(OCc3ccc([N+](=O)[O-])cc3)c(I)c2)C(=O)N1Cc1ccc(Cl)cc1. The van der Waals surface area contributed by atoms with Crippen LogP contribution in [0.15, 0.2) is 65.6 Å². The Hall–Kier alpha value is -2.16. The highest BCUT2D eigenvalue weighted by Gasteiger charge is 2.35. The zero-order chi connectivity index (χ0) is 25.1. The summed E-state index contributed by atoms with van der Waals surface area (Å²) >= 11 is 11.1. The Kier molecular flexibility index (Phi) is 8.34. The molecule has 1 fully saturated rings. The van der Waals surface area contributed by atoms with E-state index in [9.17, 15) is 19.7 Å². The third-order valence-electron chi connectivity index (χ3n) is 4.98. The molecule has 35 heavy (non-hydrogen) atoms. The summed E-state index contributed by atoms with van der Waals surface area (Å²) in [5.41, 5.74) is 2.43. The molecule has 3 aromatic rings. The normalized spacial score (nSPS) is 14.6. The molecule has 0 aliphatic carbocycles. The number of carbonyl (C=O) groups is 2. The summed E-state index contributed by atoms with van der Waals surface area (Å²) in [6, 6.07) is 17.0. The van der Waals surface area contributed by atoms with Gasteiger partial charge in [0.05, 0.1) is 23.5 Å². The number of rotatable bonds is 7. The molecule has 0 spiro atoms. The lowest BCUT2D eigenvalue weighted by Gasteiger charge is -2.13. The lowest BCUT2D eigenvalue weighted by Crippen LogP contribution is -2.27. The third-order valence-corrected chi connectivity index (χ3v) is 7.74. The van der Waals surface area contributed by atoms with Crippen molar-refractivity contribution >= 4 is 91.5 Å². The van der Waals surface area contributed by atoms with Crippen LogP contribution in [0.3, 0.4) is 0 Å². The molecule has 0 radical (unpaired) electrons. The van der Waals surface area contributed by atoms with Crippen LogP contribution in [0.2, 0.25) is 5.02 Å². The predicted molar refractivity (Wildman–Crippen MR) is 152 cm³/mol. The van der Waals surface area contributed by atoms with Crippen LogP contribution >= 0.6 is 68.5 Å². The van der Waals surface area contributed by atoms with Crippen LogP contribution < -0.4 is 4.74 Å². The molecule has 7 nitrogen and oxygen atoms in total. The first-order valence-electron chi connectivity index (χ1n) is 10.1. The average Bonchev–Trinajstić information content (AvgIpc) is 3.07. The second kappa shape index (κ2) is 11.3. The van der Waals surface area contributed by atoms with Crippen molar-refractivity contribution in [2.75, 3.05) is 0 Å². The first-order chi connectivity index (χ1) is 16.7. The molecule has 4 rings (SSSR count). The maximum Gasteiger partial charge on any atom is 0.293 e. The molecule has 0 atom stereocenters.